The van der Waals surface area contributed by atoms with E-state index in [2.05, 4.69) is 39.9 Å². The smallest absolute Gasteiger partial charge is 0.387 e. The van der Waals surface area contributed by atoms with Crippen LogP contribution in [0.5, 0.6) is 0 Å². The molecule has 0 radical (unpaired) electrons. The van der Waals surface area contributed by atoms with Gasteiger partial charge in [0.25, 0.3) is 0 Å². The highest BCUT2D eigenvalue weighted by Crippen LogP contribution is 2.43. The summed E-state index contributed by atoms with van der Waals surface area (Å²) < 4.78 is 24.1. The largest absolute Gasteiger partial charge is 0.472 e. The van der Waals surface area contributed by atoms with Crippen molar-refractivity contribution < 1.29 is 32.9 Å². The summed E-state index contributed by atoms with van der Waals surface area (Å²) in [6, 6.07) is -0.604. The van der Waals surface area contributed by atoms with Gasteiger partial charge in [0, 0.05) is 6.42 Å². The molecule has 0 aromatic heterocycles. The number of phosphoric ester groups is 1. The molecule has 1 unspecified atom stereocenters. The minimum Gasteiger partial charge on any atom is -0.387 e. The zero-order valence-electron chi connectivity index (χ0n) is 35.1. The molecule has 1 amide bonds. The van der Waals surface area contributed by atoms with Gasteiger partial charge in [0.1, 0.15) is 13.2 Å². The van der Waals surface area contributed by atoms with Crippen molar-refractivity contribution in [2.75, 3.05) is 39.4 Å². The predicted octanol–water partition coefficient (Wildman–Crippen LogP) is 12.0. The van der Waals surface area contributed by atoms with Gasteiger partial charge in [0.15, 0.2) is 0 Å². The second-order valence-corrected chi connectivity index (χ2v) is 16.8. The molecule has 0 aliphatic heterocycles. The van der Waals surface area contributed by atoms with E-state index < -0.39 is 20.0 Å². The van der Waals surface area contributed by atoms with Gasteiger partial charge < -0.3 is 19.8 Å². The summed E-state index contributed by atoms with van der Waals surface area (Å²) in [5.74, 6) is -0.0953. The van der Waals surface area contributed by atoms with Crippen LogP contribution in [-0.4, -0.2) is 71.9 Å². The van der Waals surface area contributed by atoms with Crippen LogP contribution >= 0.6 is 7.82 Å². The van der Waals surface area contributed by atoms with Gasteiger partial charge in [-0.3, -0.25) is 13.8 Å². The number of carbonyl (C=O) groups excluding carboxylic acids is 1. The standard InChI is InChI=1S/C43H87N2O6P/c1-6-11-13-15-17-19-21-23-25-27-29-31-33-35-42(46)41(37-39-50-52(48,49)51-40-38-45(8-3,9-4)10-5)44-43(47)36-34-32-30-28-26-24-22-20-18-16-14-12-7-2/h33,35,41-42,46H,6-32,34,36-40H2,1-5H3,(H-,44,47,48,49)/p+1/b35-33+/t41-,42+/m0/s1. The van der Waals surface area contributed by atoms with Crippen LogP contribution in [0.1, 0.15) is 208 Å². The van der Waals surface area contributed by atoms with Gasteiger partial charge in [0.05, 0.1) is 38.4 Å². The number of rotatable bonds is 40. The molecule has 52 heavy (non-hydrogen) atoms. The van der Waals surface area contributed by atoms with Crippen LogP contribution in [-0.2, 0) is 18.4 Å². The summed E-state index contributed by atoms with van der Waals surface area (Å²) in [4.78, 5) is 23.2. The second kappa shape index (κ2) is 35.9. The summed E-state index contributed by atoms with van der Waals surface area (Å²) in [5.41, 5.74) is 0. The number of phosphoric acid groups is 1. The zero-order valence-corrected chi connectivity index (χ0v) is 36.0. The van der Waals surface area contributed by atoms with E-state index >= 15 is 0 Å². The first-order valence-electron chi connectivity index (χ1n) is 22.3. The number of hydrogen-bond donors (Lipinski definition) is 3. The highest BCUT2D eigenvalue weighted by atomic mass is 31.2. The van der Waals surface area contributed by atoms with Crippen molar-refractivity contribution in [1.82, 2.24) is 5.32 Å². The molecule has 0 aliphatic carbocycles. The average molecular weight is 760 g/mol. The molecule has 0 fully saturated rings. The maximum atomic E-state index is 12.9. The van der Waals surface area contributed by atoms with Crippen LogP contribution in [0.3, 0.4) is 0 Å². The maximum absolute atomic E-state index is 12.9. The van der Waals surface area contributed by atoms with Crippen molar-refractivity contribution in [2.24, 2.45) is 0 Å². The first-order chi connectivity index (χ1) is 25.2. The summed E-state index contributed by atoms with van der Waals surface area (Å²) in [6.45, 7) is 14.3. The van der Waals surface area contributed by atoms with Crippen molar-refractivity contribution in [1.29, 1.82) is 0 Å². The fourth-order valence-corrected chi connectivity index (χ4v) is 7.76. The lowest BCUT2D eigenvalue weighted by Crippen LogP contribution is -2.49. The van der Waals surface area contributed by atoms with Gasteiger partial charge in [-0.25, -0.2) is 4.57 Å². The van der Waals surface area contributed by atoms with Crippen molar-refractivity contribution in [3.8, 4) is 0 Å². The number of amides is 1. The number of aliphatic hydroxyl groups is 1. The molecule has 0 saturated carbocycles. The minimum absolute atomic E-state index is 0.0953. The van der Waals surface area contributed by atoms with Crippen molar-refractivity contribution in [3.63, 3.8) is 0 Å². The topological polar surface area (TPSA) is 105 Å². The molecular formula is C43H88N2O6P+. The van der Waals surface area contributed by atoms with E-state index in [1.807, 2.05) is 6.08 Å². The molecule has 0 bridgehead atoms. The minimum atomic E-state index is -4.25. The van der Waals surface area contributed by atoms with Gasteiger partial charge in [-0.15, -0.1) is 0 Å². The Labute approximate surface area is 322 Å². The molecule has 9 heteroatoms. The van der Waals surface area contributed by atoms with E-state index in [1.165, 1.54) is 128 Å². The number of carbonyl (C=O) groups is 1. The first kappa shape index (κ1) is 51.2. The van der Waals surface area contributed by atoms with Gasteiger partial charge in [-0.2, -0.15) is 0 Å². The monoisotopic (exact) mass is 760 g/mol. The van der Waals surface area contributed by atoms with E-state index in [1.54, 1.807) is 6.08 Å². The molecule has 0 aromatic rings. The lowest BCUT2D eigenvalue weighted by molar-refractivity contribution is -0.923. The van der Waals surface area contributed by atoms with E-state index in [0.29, 0.717) is 13.0 Å². The number of aliphatic hydroxyl groups excluding tert-OH is 1. The fourth-order valence-electron chi connectivity index (χ4n) is 7.03. The van der Waals surface area contributed by atoms with Crippen LogP contribution in [0.4, 0.5) is 0 Å². The third-order valence-corrected chi connectivity index (χ3v) is 12.1. The second-order valence-electron chi connectivity index (χ2n) is 15.3. The number of quaternary nitrogens is 1. The van der Waals surface area contributed by atoms with Crippen molar-refractivity contribution in [2.45, 2.75) is 220 Å². The Morgan fingerprint density at radius 1 is 0.635 bits per heavy atom. The molecule has 3 atom stereocenters. The SMILES string of the molecule is CCCCCCCCCCCCC/C=C/[C@@H](O)[C@H](CCOP(=O)(O)OCC[N+](CC)(CC)CC)NC(=O)CCCCCCCCCCCCCCC. The van der Waals surface area contributed by atoms with Gasteiger partial charge in [0.2, 0.25) is 5.91 Å². The molecule has 0 saturated heterocycles. The normalized spacial score (nSPS) is 14.5. The molecule has 0 aromatic carbocycles. The Kier molecular flexibility index (Phi) is 35.4. The Hall–Kier alpha value is -0.760. The Morgan fingerprint density at radius 3 is 1.48 bits per heavy atom. The average Bonchev–Trinajstić information content (AvgIpc) is 3.13. The number of hydrogen-bond acceptors (Lipinski definition) is 5. The van der Waals surface area contributed by atoms with E-state index in [9.17, 15) is 19.4 Å². The summed E-state index contributed by atoms with van der Waals surface area (Å²) in [7, 11) is -4.25. The third-order valence-electron chi connectivity index (χ3n) is 11.1. The van der Waals surface area contributed by atoms with Crippen LogP contribution in [0.25, 0.3) is 0 Å². The van der Waals surface area contributed by atoms with E-state index in [0.717, 1.165) is 56.2 Å². The van der Waals surface area contributed by atoms with Gasteiger partial charge in [-0.1, -0.05) is 167 Å². The van der Waals surface area contributed by atoms with Crippen LogP contribution in [0.15, 0.2) is 12.2 Å². The van der Waals surface area contributed by atoms with Crippen LogP contribution < -0.4 is 5.32 Å². The summed E-state index contributed by atoms with van der Waals surface area (Å²) in [6.07, 6.45) is 34.9. The quantitative estimate of drug-likeness (QED) is 0.0249. The fraction of sp³-hybridized carbons (Fsp3) is 0.930. The molecule has 8 nitrogen and oxygen atoms in total. The molecule has 310 valence electrons. The molecule has 0 rings (SSSR count). The van der Waals surface area contributed by atoms with Crippen LogP contribution in [0, 0.1) is 0 Å². The molecular weight excluding hydrogens is 671 g/mol. The van der Waals surface area contributed by atoms with Gasteiger partial charge in [-0.05, 0) is 46.5 Å². The number of allylic oxidation sites excluding steroid dienone is 1. The predicted molar refractivity (Wildman–Crippen MR) is 222 cm³/mol. The first-order valence-corrected chi connectivity index (χ1v) is 23.8. The third kappa shape index (κ3) is 30.6. The summed E-state index contributed by atoms with van der Waals surface area (Å²) >= 11 is 0. The highest BCUT2D eigenvalue weighted by molar-refractivity contribution is 7.47. The number of nitrogens with one attached hydrogen (secondary N) is 1. The number of unbranched alkanes of at least 4 members (excludes halogenated alkanes) is 23. The van der Waals surface area contributed by atoms with E-state index in [4.69, 9.17) is 9.05 Å². The molecule has 0 heterocycles. The van der Waals surface area contributed by atoms with Gasteiger partial charge >= 0.3 is 7.82 Å². The molecule has 3 N–H and O–H groups in total. The molecule has 0 aliphatic rings. The number of nitrogens with zero attached hydrogens (tertiary/aromatic N) is 1. The highest BCUT2D eigenvalue weighted by Gasteiger charge is 2.27. The lowest BCUT2D eigenvalue weighted by atomic mass is 10.0. The van der Waals surface area contributed by atoms with E-state index in [-0.39, 0.29) is 25.5 Å². The Balaban J connectivity index is 4.65. The Morgan fingerprint density at radius 2 is 1.04 bits per heavy atom. The van der Waals surface area contributed by atoms with Crippen molar-refractivity contribution >= 4 is 13.7 Å². The number of likely N-dealkylation sites (N-methyl/N-ethyl adjacent to an activating group) is 1. The zero-order chi connectivity index (χ0) is 38.6. The maximum Gasteiger partial charge on any atom is 0.472 e. The summed E-state index contributed by atoms with van der Waals surface area (Å²) in [5, 5.41) is 14.0. The van der Waals surface area contributed by atoms with Crippen molar-refractivity contribution in [3.05, 3.63) is 12.2 Å². The van der Waals surface area contributed by atoms with Crippen LogP contribution in [0.2, 0.25) is 0 Å². The Bertz CT molecular complexity index is 860. The molecule has 0 spiro atoms. The lowest BCUT2D eigenvalue weighted by Gasteiger charge is -2.35.